The first-order valence-corrected chi connectivity index (χ1v) is 12.8. The molecule has 3 N–H and O–H groups in total. The fourth-order valence-electron chi connectivity index (χ4n) is 4.94. The van der Waals surface area contributed by atoms with Gasteiger partial charge in [0.05, 0.1) is 0 Å². The highest BCUT2D eigenvalue weighted by Crippen LogP contribution is 2.20. The third-order valence-corrected chi connectivity index (χ3v) is 6.73. The van der Waals surface area contributed by atoms with E-state index in [2.05, 4.69) is 10.3 Å². The number of likely N-dealkylation sites (N-methyl/N-ethyl adjacent to an activating group) is 1. The van der Waals surface area contributed by atoms with E-state index in [0.717, 1.165) is 33.2 Å². The molecule has 0 radical (unpaired) electrons. The average Bonchev–Trinajstić information content (AvgIpc) is 3.30. The molecule has 0 fully saturated rings. The third kappa shape index (κ3) is 6.11. The summed E-state index contributed by atoms with van der Waals surface area (Å²) in [5, 5.41) is 13.7. The van der Waals surface area contributed by atoms with Crippen molar-refractivity contribution in [1.82, 2.24) is 15.2 Å². The van der Waals surface area contributed by atoms with Crippen molar-refractivity contribution in [2.45, 2.75) is 45.7 Å². The summed E-state index contributed by atoms with van der Waals surface area (Å²) >= 11 is 0. The lowest BCUT2D eigenvalue weighted by molar-refractivity contribution is -0.142. The standard InChI is InChI=1S/C31H33N3O4/c1-4-34(30(36)23-15-20(2)14-21(3)16-23)28(17-22-10-6-5-7-11-22)29(35)33-27(31(37)38)18-24-19-32-26-13-9-8-12-25(24)26/h5-16,19,27-28,32H,4,17-18H2,1-3H3,(H,33,35)(H,37,38)/t27-,28-/m0/s1. The summed E-state index contributed by atoms with van der Waals surface area (Å²) in [5.41, 5.74) is 4.99. The number of para-hydroxylation sites is 1. The van der Waals surface area contributed by atoms with Gasteiger partial charge in [-0.2, -0.15) is 0 Å². The van der Waals surface area contributed by atoms with Crippen molar-refractivity contribution in [3.8, 4) is 0 Å². The zero-order valence-electron chi connectivity index (χ0n) is 21.9. The SMILES string of the molecule is CCN(C(=O)c1cc(C)cc(C)c1)[C@@H](Cc1ccccc1)C(=O)N[C@@H](Cc1c[nH]c2ccccc12)C(=O)O. The zero-order valence-corrected chi connectivity index (χ0v) is 21.9. The van der Waals surface area contributed by atoms with Crippen LogP contribution >= 0.6 is 0 Å². The quantitative estimate of drug-likeness (QED) is 0.288. The number of carbonyl (C=O) groups is 3. The molecule has 196 valence electrons. The van der Waals surface area contributed by atoms with Crippen LogP contribution in [-0.4, -0.2) is 51.4 Å². The highest BCUT2D eigenvalue weighted by molar-refractivity contribution is 5.98. The molecule has 2 atom stereocenters. The van der Waals surface area contributed by atoms with Gasteiger partial charge in [-0.15, -0.1) is 0 Å². The Labute approximate surface area is 222 Å². The molecule has 0 unspecified atom stereocenters. The van der Waals surface area contributed by atoms with Crippen LogP contribution in [0.2, 0.25) is 0 Å². The van der Waals surface area contributed by atoms with E-state index in [1.54, 1.807) is 6.20 Å². The van der Waals surface area contributed by atoms with Gasteiger partial charge in [0.15, 0.2) is 0 Å². The number of aryl methyl sites for hydroxylation is 2. The number of nitrogens with zero attached hydrogens (tertiary/aromatic N) is 1. The van der Waals surface area contributed by atoms with E-state index >= 15 is 0 Å². The second-order valence-electron chi connectivity index (χ2n) is 9.64. The van der Waals surface area contributed by atoms with E-state index in [4.69, 9.17) is 0 Å². The summed E-state index contributed by atoms with van der Waals surface area (Å²) in [6.45, 7) is 5.97. The van der Waals surface area contributed by atoms with E-state index in [1.165, 1.54) is 4.90 Å². The number of H-pyrrole nitrogens is 1. The number of aromatic amines is 1. The van der Waals surface area contributed by atoms with Gasteiger partial charge in [-0.25, -0.2) is 4.79 Å². The van der Waals surface area contributed by atoms with Crippen molar-refractivity contribution in [2.75, 3.05) is 6.54 Å². The molecule has 0 aliphatic heterocycles. The number of amides is 2. The molecule has 0 saturated heterocycles. The van der Waals surface area contributed by atoms with Gasteiger partial charge in [0.1, 0.15) is 12.1 Å². The molecule has 38 heavy (non-hydrogen) atoms. The van der Waals surface area contributed by atoms with Crippen molar-refractivity contribution in [3.63, 3.8) is 0 Å². The van der Waals surface area contributed by atoms with Gasteiger partial charge < -0.3 is 20.3 Å². The summed E-state index contributed by atoms with van der Waals surface area (Å²) < 4.78 is 0. The lowest BCUT2D eigenvalue weighted by atomic mass is 10.00. The average molecular weight is 512 g/mol. The van der Waals surface area contributed by atoms with E-state index < -0.39 is 24.0 Å². The van der Waals surface area contributed by atoms with Crippen molar-refractivity contribution < 1.29 is 19.5 Å². The lowest BCUT2D eigenvalue weighted by Gasteiger charge is -2.31. The zero-order chi connectivity index (χ0) is 27.2. The Hall–Kier alpha value is -4.39. The van der Waals surface area contributed by atoms with Gasteiger partial charge in [-0.1, -0.05) is 65.7 Å². The molecule has 0 aliphatic rings. The van der Waals surface area contributed by atoms with Gasteiger partial charge in [-0.05, 0) is 50.1 Å². The van der Waals surface area contributed by atoms with Gasteiger partial charge in [-0.3, -0.25) is 9.59 Å². The van der Waals surface area contributed by atoms with Gasteiger partial charge in [0.25, 0.3) is 5.91 Å². The molecular weight excluding hydrogens is 478 g/mol. The Morgan fingerprint density at radius 1 is 0.921 bits per heavy atom. The molecule has 4 rings (SSSR count). The maximum atomic E-state index is 13.7. The molecule has 0 spiro atoms. The minimum absolute atomic E-state index is 0.111. The Bertz CT molecular complexity index is 1420. The van der Waals surface area contributed by atoms with Crippen LogP contribution < -0.4 is 5.32 Å². The Kier molecular flexibility index (Phi) is 8.26. The molecule has 0 bridgehead atoms. The van der Waals surface area contributed by atoms with Crippen LogP contribution in [0, 0.1) is 13.8 Å². The molecule has 7 heteroatoms. The second kappa shape index (κ2) is 11.8. The fraction of sp³-hybridized carbons (Fsp3) is 0.258. The fourth-order valence-corrected chi connectivity index (χ4v) is 4.94. The minimum atomic E-state index is -1.16. The van der Waals surface area contributed by atoms with Gasteiger partial charge >= 0.3 is 5.97 Å². The van der Waals surface area contributed by atoms with E-state index in [1.807, 2.05) is 93.6 Å². The van der Waals surface area contributed by atoms with Crippen LogP contribution in [0.4, 0.5) is 0 Å². The maximum absolute atomic E-state index is 13.7. The normalized spacial score (nSPS) is 12.6. The smallest absolute Gasteiger partial charge is 0.326 e. The van der Waals surface area contributed by atoms with Crippen molar-refractivity contribution in [2.24, 2.45) is 0 Å². The molecule has 1 heterocycles. The maximum Gasteiger partial charge on any atom is 0.326 e. The largest absolute Gasteiger partial charge is 0.480 e. The van der Waals surface area contributed by atoms with Crippen LogP contribution in [-0.2, 0) is 22.4 Å². The molecule has 0 aliphatic carbocycles. The van der Waals surface area contributed by atoms with Gasteiger partial charge in [0.2, 0.25) is 5.91 Å². The number of carbonyl (C=O) groups excluding carboxylic acids is 2. The number of hydrogen-bond donors (Lipinski definition) is 3. The van der Waals surface area contributed by atoms with Crippen LogP contribution in [0.5, 0.6) is 0 Å². The Balaban J connectivity index is 1.63. The molecule has 7 nitrogen and oxygen atoms in total. The van der Waals surface area contributed by atoms with Crippen LogP contribution in [0.1, 0.15) is 39.5 Å². The van der Waals surface area contributed by atoms with E-state index in [-0.39, 0.29) is 25.3 Å². The van der Waals surface area contributed by atoms with Crippen molar-refractivity contribution in [1.29, 1.82) is 0 Å². The molecule has 0 saturated carbocycles. The summed E-state index contributed by atoms with van der Waals surface area (Å²) in [5.74, 6) is -1.90. The number of benzene rings is 3. The highest BCUT2D eigenvalue weighted by Gasteiger charge is 2.33. The molecular formula is C31H33N3O4. The number of fused-ring (bicyclic) bond motifs is 1. The predicted molar refractivity (Wildman–Crippen MR) is 148 cm³/mol. The predicted octanol–water partition coefficient (Wildman–Crippen LogP) is 4.67. The number of rotatable bonds is 10. The summed E-state index contributed by atoms with van der Waals surface area (Å²) in [4.78, 5) is 44.3. The first-order chi connectivity index (χ1) is 18.3. The van der Waals surface area contributed by atoms with Crippen LogP contribution in [0.25, 0.3) is 10.9 Å². The molecule has 3 aromatic carbocycles. The van der Waals surface area contributed by atoms with Crippen molar-refractivity contribution in [3.05, 3.63) is 107 Å². The summed E-state index contributed by atoms with van der Waals surface area (Å²) in [6.07, 6.45) is 2.15. The highest BCUT2D eigenvalue weighted by atomic mass is 16.4. The number of aromatic nitrogens is 1. The van der Waals surface area contributed by atoms with Crippen LogP contribution in [0.15, 0.2) is 79.0 Å². The Morgan fingerprint density at radius 3 is 2.24 bits per heavy atom. The molecule has 2 amide bonds. The first kappa shape index (κ1) is 26.7. The Morgan fingerprint density at radius 2 is 1.58 bits per heavy atom. The van der Waals surface area contributed by atoms with Crippen molar-refractivity contribution >= 4 is 28.7 Å². The summed E-state index contributed by atoms with van der Waals surface area (Å²) in [7, 11) is 0. The molecule has 1 aromatic heterocycles. The number of nitrogens with one attached hydrogen (secondary N) is 2. The van der Waals surface area contributed by atoms with E-state index in [9.17, 15) is 19.5 Å². The number of carboxylic acids is 1. The summed E-state index contributed by atoms with van der Waals surface area (Å²) in [6, 6.07) is 20.6. The number of aliphatic carboxylic acids is 1. The van der Waals surface area contributed by atoms with Gasteiger partial charge in [0, 0.05) is 42.0 Å². The molecule has 4 aromatic rings. The number of carboxylic acid groups (broad SMARTS) is 1. The minimum Gasteiger partial charge on any atom is -0.480 e. The van der Waals surface area contributed by atoms with Crippen LogP contribution in [0.3, 0.4) is 0 Å². The first-order valence-electron chi connectivity index (χ1n) is 12.8. The lowest BCUT2D eigenvalue weighted by Crippen LogP contribution is -2.54. The van der Waals surface area contributed by atoms with E-state index in [0.29, 0.717) is 5.56 Å². The monoisotopic (exact) mass is 511 g/mol. The second-order valence-corrected chi connectivity index (χ2v) is 9.64. The topological polar surface area (TPSA) is 103 Å². The number of hydrogen-bond acceptors (Lipinski definition) is 3. The third-order valence-electron chi connectivity index (χ3n) is 6.73.